The predicted molar refractivity (Wildman–Crippen MR) is 208 cm³/mol. The highest BCUT2D eigenvalue weighted by Gasteiger charge is 2.21. The second kappa shape index (κ2) is 11.1. The molecule has 0 N–H and O–H groups in total. The first-order valence-corrected chi connectivity index (χ1v) is 16.9. The topological polar surface area (TPSA) is 13.1 Å². The summed E-state index contributed by atoms with van der Waals surface area (Å²) in [5.74, 6) is 0. The van der Waals surface area contributed by atoms with Gasteiger partial charge in [-0.3, -0.25) is 0 Å². The van der Waals surface area contributed by atoms with Crippen LogP contribution in [0.15, 0.2) is 186 Å². The highest BCUT2D eigenvalue weighted by molar-refractivity contribution is 6.26. The van der Waals surface area contributed by atoms with E-state index < -0.39 is 0 Å². The predicted octanol–water partition coefficient (Wildman–Crippen LogP) is 13.7. The number of hydrogen-bond acceptors (Lipinski definition) is 1. The van der Waals surface area contributed by atoms with E-state index in [0.29, 0.717) is 0 Å². The third-order valence-electron chi connectivity index (χ3n) is 10.1. The van der Waals surface area contributed by atoms with Gasteiger partial charge in [0.2, 0.25) is 0 Å². The maximum atomic E-state index is 6.69. The molecule has 0 fully saturated rings. The molecule has 10 rings (SSSR count). The maximum absolute atomic E-state index is 6.69. The summed E-state index contributed by atoms with van der Waals surface area (Å²) in [4.78, 5) is 0. The minimum absolute atomic E-state index is 0.900. The number of benzene rings is 9. The minimum Gasteiger partial charge on any atom is -0.455 e. The molecule has 0 unspecified atom stereocenters. The smallest absolute Gasteiger partial charge is 0.143 e. The number of para-hydroxylation sites is 1. The average Bonchev–Trinajstić information content (AvgIpc) is 3.57. The molecule has 0 aliphatic rings. The van der Waals surface area contributed by atoms with E-state index in [1.807, 2.05) is 0 Å². The van der Waals surface area contributed by atoms with E-state index in [0.717, 1.165) is 33.1 Å². The number of hydrogen-bond donors (Lipinski definition) is 0. The molecule has 0 aliphatic carbocycles. The Morgan fingerprint density at radius 3 is 1.51 bits per heavy atom. The van der Waals surface area contributed by atoms with Gasteiger partial charge < -0.3 is 4.42 Å². The third-order valence-corrected chi connectivity index (χ3v) is 10.1. The lowest BCUT2D eigenvalue weighted by Crippen LogP contribution is -1.91. The fourth-order valence-corrected chi connectivity index (χ4v) is 7.92. The Morgan fingerprint density at radius 1 is 0.286 bits per heavy atom. The van der Waals surface area contributed by atoms with Crippen molar-refractivity contribution >= 4 is 54.3 Å². The van der Waals surface area contributed by atoms with Crippen LogP contribution in [0.3, 0.4) is 0 Å². The highest BCUT2D eigenvalue weighted by atomic mass is 16.3. The molecule has 0 saturated carbocycles. The molecule has 0 atom stereocenters. The summed E-state index contributed by atoms with van der Waals surface area (Å²) >= 11 is 0. The zero-order chi connectivity index (χ0) is 32.3. The van der Waals surface area contributed by atoms with Gasteiger partial charge in [-0.25, -0.2) is 0 Å². The summed E-state index contributed by atoms with van der Waals surface area (Å²) in [7, 11) is 0. The number of rotatable bonds is 4. The molecule has 10 aromatic rings. The largest absolute Gasteiger partial charge is 0.455 e. The zero-order valence-corrected chi connectivity index (χ0v) is 26.7. The van der Waals surface area contributed by atoms with Crippen LogP contribution in [0.25, 0.3) is 98.8 Å². The van der Waals surface area contributed by atoms with Crippen molar-refractivity contribution in [3.05, 3.63) is 182 Å². The summed E-state index contributed by atoms with van der Waals surface area (Å²) in [6.07, 6.45) is 0. The van der Waals surface area contributed by atoms with Crippen molar-refractivity contribution in [2.45, 2.75) is 0 Å². The van der Waals surface area contributed by atoms with Gasteiger partial charge in [0, 0.05) is 16.3 Å². The number of fused-ring (bicyclic) bond motifs is 6. The van der Waals surface area contributed by atoms with E-state index in [2.05, 4.69) is 182 Å². The first-order chi connectivity index (χ1) is 24.3. The van der Waals surface area contributed by atoms with Crippen LogP contribution in [0, 0.1) is 0 Å². The Labute approximate surface area is 284 Å². The van der Waals surface area contributed by atoms with Gasteiger partial charge in [0.25, 0.3) is 0 Å². The first kappa shape index (κ1) is 27.7. The minimum atomic E-state index is 0.900. The van der Waals surface area contributed by atoms with Gasteiger partial charge in [0.15, 0.2) is 0 Å². The Hall–Kier alpha value is -6.44. The van der Waals surface area contributed by atoms with E-state index in [4.69, 9.17) is 4.42 Å². The molecule has 1 nitrogen and oxygen atoms in total. The first-order valence-electron chi connectivity index (χ1n) is 16.9. The molecule has 228 valence electrons. The molecule has 0 saturated heterocycles. The van der Waals surface area contributed by atoms with Crippen molar-refractivity contribution in [2.75, 3.05) is 0 Å². The highest BCUT2D eigenvalue weighted by Crippen LogP contribution is 2.48. The van der Waals surface area contributed by atoms with Crippen LogP contribution >= 0.6 is 0 Å². The lowest BCUT2D eigenvalue weighted by molar-refractivity contribution is 0.670. The number of furan rings is 1. The zero-order valence-electron chi connectivity index (χ0n) is 26.7. The molecule has 0 radical (unpaired) electrons. The SMILES string of the molecule is c1ccc(-c2cccc3c2oc2cccc(-c4c5ccccc5c(-c5ccc(-c6cccc7ccccc67)cc5)c5ccccc45)c23)cc1. The Bertz CT molecular complexity index is 2790. The van der Waals surface area contributed by atoms with Crippen molar-refractivity contribution in [2.24, 2.45) is 0 Å². The second-order valence-electron chi connectivity index (χ2n) is 12.8. The fraction of sp³-hybridized carbons (Fsp3) is 0. The molecule has 9 aromatic carbocycles. The Balaban J connectivity index is 1.22. The van der Waals surface area contributed by atoms with E-state index >= 15 is 0 Å². The quantitative estimate of drug-likeness (QED) is 0.178. The van der Waals surface area contributed by atoms with E-state index in [9.17, 15) is 0 Å². The molecule has 49 heavy (non-hydrogen) atoms. The lowest BCUT2D eigenvalue weighted by atomic mass is 9.84. The van der Waals surface area contributed by atoms with Crippen LogP contribution in [0.2, 0.25) is 0 Å². The third kappa shape index (κ3) is 4.33. The van der Waals surface area contributed by atoms with E-state index in [1.54, 1.807) is 0 Å². The van der Waals surface area contributed by atoms with Crippen molar-refractivity contribution < 1.29 is 4.42 Å². The molecule has 0 spiro atoms. The molecule has 1 aromatic heterocycles. The molecule has 0 bridgehead atoms. The van der Waals surface area contributed by atoms with E-state index in [1.165, 1.54) is 65.7 Å². The monoisotopic (exact) mass is 622 g/mol. The van der Waals surface area contributed by atoms with Crippen LogP contribution < -0.4 is 0 Å². The second-order valence-corrected chi connectivity index (χ2v) is 12.8. The van der Waals surface area contributed by atoms with Crippen LogP contribution in [0.5, 0.6) is 0 Å². The standard InChI is InChI=1S/C48H30O/c1-2-13-32(14-3-1)37-23-11-25-43-47-42(24-12-26-44(47)49-48(37)43)46-40-20-8-6-18-38(40)45(39-19-7-9-21-41(39)46)34-29-27-33(28-30-34)36-22-10-16-31-15-4-5-17-35(31)36/h1-30H. The Kier molecular flexibility index (Phi) is 6.25. The van der Waals surface area contributed by atoms with Gasteiger partial charge in [-0.05, 0) is 77.3 Å². The normalized spacial score (nSPS) is 11.7. The van der Waals surface area contributed by atoms with Crippen LogP contribution in [0.1, 0.15) is 0 Å². The van der Waals surface area contributed by atoms with Gasteiger partial charge in [0.05, 0.1) is 0 Å². The van der Waals surface area contributed by atoms with Gasteiger partial charge in [0.1, 0.15) is 11.2 Å². The van der Waals surface area contributed by atoms with Gasteiger partial charge in [-0.15, -0.1) is 0 Å². The van der Waals surface area contributed by atoms with Crippen molar-refractivity contribution in [3.8, 4) is 44.5 Å². The van der Waals surface area contributed by atoms with E-state index in [-0.39, 0.29) is 0 Å². The molecule has 1 heterocycles. The van der Waals surface area contributed by atoms with Crippen LogP contribution in [0.4, 0.5) is 0 Å². The summed E-state index contributed by atoms with van der Waals surface area (Å²) in [6.45, 7) is 0. The lowest BCUT2D eigenvalue weighted by Gasteiger charge is -2.18. The Morgan fingerprint density at radius 2 is 0.776 bits per heavy atom. The molecular weight excluding hydrogens is 593 g/mol. The van der Waals surface area contributed by atoms with Gasteiger partial charge >= 0.3 is 0 Å². The fourth-order valence-electron chi connectivity index (χ4n) is 7.92. The van der Waals surface area contributed by atoms with Crippen LogP contribution in [-0.4, -0.2) is 0 Å². The van der Waals surface area contributed by atoms with Gasteiger partial charge in [-0.2, -0.15) is 0 Å². The summed E-state index contributed by atoms with van der Waals surface area (Å²) in [5.41, 5.74) is 11.5. The maximum Gasteiger partial charge on any atom is 0.143 e. The average molecular weight is 623 g/mol. The summed E-state index contributed by atoms with van der Waals surface area (Å²) in [6, 6.07) is 65.6. The summed E-state index contributed by atoms with van der Waals surface area (Å²) in [5, 5.41) is 9.76. The molecule has 1 heteroatoms. The van der Waals surface area contributed by atoms with Gasteiger partial charge in [-0.1, -0.05) is 176 Å². The van der Waals surface area contributed by atoms with Crippen molar-refractivity contribution in [3.63, 3.8) is 0 Å². The summed E-state index contributed by atoms with van der Waals surface area (Å²) < 4.78 is 6.69. The molecule has 0 amide bonds. The van der Waals surface area contributed by atoms with Crippen LogP contribution in [-0.2, 0) is 0 Å². The molecule has 0 aliphatic heterocycles. The van der Waals surface area contributed by atoms with Crippen molar-refractivity contribution in [1.29, 1.82) is 0 Å². The molecular formula is C48H30O. The van der Waals surface area contributed by atoms with Crippen molar-refractivity contribution in [1.82, 2.24) is 0 Å².